The van der Waals surface area contributed by atoms with Crippen LogP contribution in [0.2, 0.25) is 0 Å². The Morgan fingerprint density at radius 1 is 1.33 bits per heavy atom. The number of hydrogen-bond acceptors (Lipinski definition) is 3. The van der Waals surface area contributed by atoms with Gasteiger partial charge in [0.1, 0.15) is 17.7 Å². The number of fused-ring (bicyclic) bond motifs is 1. The first-order valence-corrected chi connectivity index (χ1v) is 5.89. The van der Waals surface area contributed by atoms with E-state index in [1.165, 1.54) is 0 Å². The fourth-order valence-electron chi connectivity index (χ4n) is 2.14. The van der Waals surface area contributed by atoms with Crippen LogP contribution in [0, 0.1) is 0 Å². The molecule has 92 valence electrons. The molecule has 0 amide bonds. The maximum absolute atomic E-state index is 8.98. The van der Waals surface area contributed by atoms with Gasteiger partial charge in [0.05, 0.1) is 12.3 Å². The summed E-state index contributed by atoms with van der Waals surface area (Å²) in [5.41, 5.74) is 2.73. The largest absolute Gasteiger partial charge is 0.464 e. The van der Waals surface area contributed by atoms with Gasteiger partial charge in [-0.25, -0.2) is 4.98 Å². The Kier molecular flexibility index (Phi) is 2.64. The molecule has 4 nitrogen and oxygen atoms in total. The highest BCUT2D eigenvalue weighted by Gasteiger charge is 2.12. The number of benzene rings is 1. The minimum atomic E-state index is 0.108. The minimum absolute atomic E-state index is 0.108. The molecule has 0 fully saturated rings. The number of nitrogens with zero attached hydrogens (tertiary/aromatic N) is 2. The third-order valence-electron chi connectivity index (χ3n) is 3.06. The van der Waals surface area contributed by atoms with E-state index in [2.05, 4.69) is 4.98 Å². The van der Waals surface area contributed by atoms with Crippen molar-refractivity contribution in [2.24, 2.45) is 7.05 Å². The topological polar surface area (TPSA) is 51.2 Å². The normalized spacial score (nSPS) is 11.2. The fourth-order valence-corrected chi connectivity index (χ4v) is 2.14. The molecule has 4 heteroatoms. The number of aryl methyl sites for hydroxylation is 1. The van der Waals surface area contributed by atoms with E-state index in [9.17, 15) is 0 Å². The molecule has 3 rings (SSSR count). The standard InChI is InChI=1S/C14H14N2O2/c1-16-8-12(15-14(16)6-7-17)11-9-18-13-5-3-2-4-10(11)13/h2-5,8-9,17H,6-7H2,1H3. The lowest BCUT2D eigenvalue weighted by atomic mass is 10.1. The van der Waals surface area contributed by atoms with Gasteiger partial charge in [-0.2, -0.15) is 0 Å². The highest BCUT2D eigenvalue weighted by atomic mass is 16.3. The molecule has 0 saturated carbocycles. The molecule has 0 radical (unpaired) electrons. The van der Waals surface area contributed by atoms with Crippen LogP contribution in [0.3, 0.4) is 0 Å². The number of aromatic nitrogens is 2. The molecular weight excluding hydrogens is 228 g/mol. The first-order chi connectivity index (χ1) is 8.79. The third kappa shape index (κ3) is 1.71. The number of para-hydroxylation sites is 1. The van der Waals surface area contributed by atoms with E-state index >= 15 is 0 Å². The van der Waals surface area contributed by atoms with Crippen molar-refractivity contribution in [1.82, 2.24) is 9.55 Å². The zero-order chi connectivity index (χ0) is 12.5. The lowest BCUT2D eigenvalue weighted by Crippen LogP contribution is -1.99. The van der Waals surface area contributed by atoms with Gasteiger partial charge in [0.25, 0.3) is 0 Å². The summed E-state index contributed by atoms with van der Waals surface area (Å²) < 4.78 is 7.45. The maximum Gasteiger partial charge on any atom is 0.134 e. The molecule has 18 heavy (non-hydrogen) atoms. The summed E-state index contributed by atoms with van der Waals surface area (Å²) in [6.45, 7) is 0.108. The summed E-state index contributed by atoms with van der Waals surface area (Å²) in [6.07, 6.45) is 4.25. The molecule has 0 aliphatic rings. The fraction of sp³-hybridized carbons (Fsp3) is 0.214. The SMILES string of the molecule is Cn1cc(-c2coc3ccccc23)nc1CCO. The Morgan fingerprint density at radius 3 is 3.00 bits per heavy atom. The molecule has 0 saturated heterocycles. The quantitative estimate of drug-likeness (QED) is 0.767. The van der Waals surface area contributed by atoms with Crippen LogP contribution in [0.4, 0.5) is 0 Å². The molecule has 0 aliphatic heterocycles. The molecule has 2 heterocycles. The number of rotatable bonds is 3. The molecule has 0 aliphatic carbocycles. The molecule has 0 spiro atoms. The number of furan rings is 1. The Hall–Kier alpha value is -2.07. The number of aliphatic hydroxyl groups is 1. The average Bonchev–Trinajstić information content (AvgIpc) is 2.94. The van der Waals surface area contributed by atoms with Crippen LogP contribution in [0.15, 0.2) is 41.1 Å². The Morgan fingerprint density at radius 2 is 2.17 bits per heavy atom. The lowest BCUT2D eigenvalue weighted by molar-refractivity contribution is 0.295. The zero-order valence-electron chi connectivity index (χ0n) is 10.1. The molecule has 1 aromatic carbocycles. The van der Waals surface area contributed by atoms with Gasteiger partial charge in [0, 0.05) is 30.6 Å². The minimum Gasteiger partial charge on any atom is -0.464 e. The van der Waals surface area contributed by atoms with Gasteiger partial charge in [0.15, 0.2) is 0 Å². The van der Waals surface area contributed by atoms with Crippen LogP contribution in [0.25, 0.3) is 22.2 Å². The molecule has 2 aromatic heterocycles. The summed E-state index contributed by atoms with van der Waals surface area (Å²) in [7, 11) is 1.93. The zero-order valence-corrected chi connectivity index (χ0v) is 10.1. The number of aliphatic hydroxyl groups excluding tert-OH is 1. The highest BCUT2D eigenvalue weighted by molar-refractivity contribution is 5.92. The lowest BCUT2D eigenvalue weighted by Gasteiger charge is -1.95. The summed E-state index contributed by atoms with van der Waals surface area (Å²) in [5.74, 6) is 0.873. The van der Waals surface area contributed by atoms with Crippen molar-refractivity contribution in [3.63, 3.8) is 0 Å². The predicted molar refractivity (Wildman–Crippen MR) is 69.2 cm³/mol. The highest BCUT2D eigenvalue weighted by Crippen LogP contribution is 2.29. The van der Waals surface area contributed by atoms with Gasteiger partial charge in [-0.3, -0.25) is 0 Å². The predicted octanol–water partition coefficient (Wildman–Crippen LogP) is 2.37. The van der Waals surface area contributed by atoms with E-state index in [4.69, 9.17) is 9.52 Å². The van der Waals surface area contributed by atoms with Gasteiger partial charge < -0.3 is 14.1 Å². The number of imidazole rings is 1. The van der Waals surface area contributed by atoms with Crippen LogP contribution < -0.4 is 0 Å². The monoisotopic (exact) mass is 242 g/mol. The van der Waals surface area contributed by atoms with Crippen molar-refractivity contribution >= 4 is 11.0 Å². The van der Waals surface area contributed by atoms with Crippen molar-refractivity contribution in [2.75, 3.05) is 6.61 Å². The van der Waals surface area contributed by atoms with Gasteiger partial charge >= 0.3 is 0 Å². The average molecular weight is 242 g/mol. The maximum atomic E-state index is 8.98. The molecule has 0 unspecified atom stereocenters. The Bertz CT molecular complexity index is 682. The van der Waals surface area contributed by atoms with Crippen LogP contribution >= 0.6 is 0 Å². The van der Waals surface area contributed by atoms with Crippen LogP contribution in [-0.4, -0.2) is 21.3 Å². The van der Waals surface area contributed by atoms with E-state index in [1.54, 1.807) is 6.26 Å². The van der Waals surface area contributed by atoms with Crippen LogP contribution in [0.1, 0.15) is 5.82 Å². The van der Waals surface area contributed by atoms with Crippen LogP contribution in [-0.2, 0) is 13.5 Å². The van der Waals surface area contributed by atoms with Crippen LogP contribution in [0.5, 0.6) is 0 Å². The third-order valence-corrected chi connectivity index (χ3v) is 3.06. The second-order valence-corrected chi connectivity index (χ2v) is 4.27. The smallest absolute Gasteiger partial charge is 0.134 e. The summed E-state index contributed by atoms with van der Waals surface area (Å²) in [5, 5.41) is 10.0. The van der Waals surface area contributed by atoms with E-state index in [0.29, 0.717) is 6.42 Å². The van der Waals surface area contributed by atoms with Crippen molar-refractivity contribution in [3.8, 4) is 11.3 Å². The first kappa shape index (κ1) is 11.0. The first-order valence-electron chi connectivity index (χ1n) is 5.89. The summed E-state index contributed by atoms with van der Waals surface area (Å²) >= 11 is 0. The van der Waals surface area contributed by atoms with Gasteiger partial charge in [-0.15, -0.1) is 0 Å². The number of hydrogen-bond donors (Lipinski definition) is 1. The second-order valence-electron chi connectivity index (χ2n) is 4.27. The van der Waals surface area contributed by atoms with Gasteiger partial charge in [-0.05, 0) is 6.07 Å². The van der Waals surface area contributed by atoms with Crippen molar-refractivity contribution in [2.45, 2.75) is 6.42 Å². The van der Waals surface area contributed by atoms with E-state index in [1.807, 2.05) is 42.1 Å². The Labute approximate surface area is 104 Å². The van der Waals surface area contributed by atoms with Gasteiger partial charge in [0.2, 0.25) is 0 Å². The summed E-state index contributed by atoms with van der Waals surface area (Å²) in [6, 6.07) is 7.90. The van der Waals surface area contributed by atoms with E-state index in [-0.39, 0.29) is 6.61 Å². The molecule has 0 atom stereocenters. The van der Waals surface area contributed by atoms with Crippen molar-refractivity contribution in [3.05, 3.63) is 42.5 Å². The molecule has 0 bridgehead atoms. The Balaban J connectivity index is 2.11. The van der Waals surface area contributed by atoms with Crippen molar-refractivity contribution < 1.29 is 9.52 Å². The van der Waals surface area contributed by atoms with E-state index in [0.717, 1.165) is 28.1 Å². The molecular formula is C14H14N2O2. The molecule has 1 N–H and O–H groups in total. The van der Waals surface area contributed by atoms with E-state index < -0.39 is 0 Å². The summed E-state index contributed by atoms with van der Waals surface area (Å²) in [4.78, 5) is 4.54. The van der Waals surface area contributed by atoms with Gasteiger partial charge in [-0.1, -0.05) is 18.2 Å². The second kappa shape index (κ2) is 4.31. The van der Waals surface area contributed by atoms with Crippen molar-refractivity contribution in [1.29, 1.82) is 0 Å². The molecule has 3 aromatic rings.